The molecule has 0 saturated heterocycles. The number of carbonyl (C=O) groups is 2. The first-order valence-electron chi connectivity index (χ1n) is 6.52. The Labute approximate surface area is 128 Å². The monoisotopic (exact) mass is 314 g/mol. The Kier molecular flexibility index (Phi) is 5.43. The molecule has 6 nitrogen and oxygen atoms in total. The van der Waals surface area contributed by atoms with Gasteiger partial charge in [0.15, 0.2) is 0 Å². The summed E-state index contributed by atoms with van der Waals surface area (Å²) in [5.74, 6) is 0. The van der Waals surface area contributed by atoms with E-state index in [2.05, 4.69) is 0 Å². The van der Waals surface area contributed by atoms with Crippen LogP contribution in [0.3, 0.4) is 0 Å². The van der Waals surface area contributed by atoms with E-state index in [0.717, 1.165) is 4.90 Å². The molecular formula is C14H19ClN2O4. The molecule has 116 valence electrons. The summed E-state index contributed by atoms with van der Waals surface area (Å²) < 4.78 is 5.24. The van der Waals surface area contributed by atoms with Gasteiger partial charge < -0.3 is 15.6 Å². The highest BCUT2D eigenvalue weighted by Gasteiger charge is 2.46. The Bertz CT molecular complexity index is 535. The number of primary amides is 1. The van der Waals surface area contributed by atoms with E-state index in [0.29, 0.717) is 10.6 Å². The van der Waals surface area contributed by atoms with Crippen LogP contribution in [0.4, 0.5) is 9.59 Å². The number of rotatable bonds is 5. The number of nitrogens with two attached hydrogens (primary N) is 1. The molecule has 2 amide bonds. The molecule has 0 aliphatic rings. The number of nitrogens with zero attached hydrogens (tertiary/aromatic N) is 1. The highest BCUT2D eigenvalue weighted by Crippen LogP contribution is 2.39. The SMILES string of the molecule is CC[C@](OC(N)=O)(c1ccccc1Cl)N(C(=O)O)C(C)C. The van der Waals surface area contributed by atoms with Crippen molar-refractivity contribution in [1.82, 2.24) is 4.90 Å². The van der Waals surface area contributed by atoms with Gasteiger partial charge in [-0.05, 0) is 19.9 Å². The predicted molar refractivity (Wildman–Crippen MR) is 79.1 cm³/mol. The predicted octanol–water partition coefficient (Wildman–Crippen LogP) is 3.39. The van der Waals surface area contributed by atoms with Gasteiger partial charge in [-0.3, -0.25) is 4.90 Å². The molecule has 0 aromatic heterocycles. The first-order chi connectivity index (χ1) is 9.76. The first kappa shape index (κ1) is 17.1. The van der Waals surface area contributed by atoms with Crippen LogP contribution < -0.4 is 5.73 Å². The molecule has 21 heavy (non-hydrogen) atoms. The summed E-state index contributed by atoms with van der Waals surface area (Å²) in [6.07, 6.45) is -2.12. The Hall–Kier alpha value is -1.95. The standard InChI is InChI=1S/C14H19ClN2O4/c1-4-14(21-12(16)18,17(9(2)3)13(19)20)10-7-5-6-8-11(10)15/h5-9H,4H2,1-3H3,(H2,16,18)(H,19,20)/t14-/m0/s1. The van der Waals surface area contributed by atoms with Gasteiger partial charge in [0.1, 0.15) is 0 Å². The highest BCUT2D eigenvalue weighted by atomic mass is 35.5. The van der Waals surface area contributed by atoms with Gasteiger partial charge >= 0.3 is 12.2 Å². The number of carbonyl (C=O) groups excluding carboxylic acids is 1. The zero-order valence-electron chi connectivity index (χ0n) is 12.2. The summed E-state index contributed by atoms with van der Waals surface area (Å²) in [5.41, 5.74) is 3.97. The van der Waals surface area contributed by atoms with E-state index in [1.54, 1.807) is 45.0 Å². The van der Waals surface area contributed by atoms with Crippen LogP contribution in [0, 0.1) is 0 Å². The Balaban J connectivity index is 3.58. The highest BCUT2D eigenvalue weighted by molar-refractivity contribution is 6.31. The maximum atomic E-state index is 11.7. The van der Waals surface area contributed by atoms with Crippen LogP contribution in [-0.4, -0.2) is 28.2 Å². The smallest absolute Gasteiger partial charge is 0.410 e. The molecule has 0 heterocycles. The van der Waals surface area contributed by atoms with E-state index in [-0.39, 0.29) is 6.42 Å². The first-order valence-corrected chi connectivity index (χ1v) is 6.89. The van der Waals surface area contributed by atoms with E-state index < -0.39 is 24.0 Å². The molecule has 7 heteroatoms. The summed E-state index contributed by atoms with van der Waals surface area (Å²) in [6, 6.07) is 6.17. The molecule has 0 unspecified atom stereocenters. The second-order valence-corrected chi connectivity index (χ2v) is 5.19. The number of benzene rings is 1. The molecule has 0 aliphatic heterocycles. The summed E-state index contributed by atoms with van der Waals surface area (Å²) in [5, 5.41) is 9.82. The summed E-state index contributed by atoms with van der Waals surface area (Å²) in [7, 11) is 0. The van der Waals surface area contributed by atoms with Gasteiger partial charge in [-0.2, -0.15) is 0 Å². The molecule has 1 aromatic carbocycles. The van der Waals surface area contributed by atoms with Crippen molar-refractivity contribution in [1.29, 1.82) is 0 Å². The molecule has 1 rings (SSSR count). The minimum atomic E-state index is -1.57. The summed E-state index contributed by atoms with van der Waals surface area (Å²) in [6.45, 7) is 5.06. The molecular weight excluding hydrogens is 296 g/mol. The molecule has 0 radical (unpaired) electrons. The average Bonchev–Trinajstić information content (AvgIpc) is 2.36. The van der Waals surface area contributed by atoms with Gasteiger partial charge in [-0.15, -0.1) is 0 Å². The lowest BCUT2D eigenvalue weighted by atomic mass is 9.96. The zero-order chi connectivity index (χ0) is 16.2. The third kappa shape index (κ3) is 3.39. The van der Waals surface area contributed by atoms with Crippen LogP contribution >= 0.6 is 11.6 Å². The zero-order valence-corrected chi connectivity index (χ0v) is 12.9. The minimum Gasteiger partial charge on any atom is -0.465 e. The van der Waals surface area contributed by atoms with Gasteiger partial charge in [-0.1, -0.05) is 36.7 Å². The average molecular weight is 315 g/mol. The lowest BCUT2D eigenvalue weighted by molar-refractivity contribution is -0.116. The largest absolute Gasteiger partial charge is 0.465 e. The lowest BCUT2D eigenvalue weighted by Gasteiger charge is -2.43. The van der Waals surface area contributed by atoms with Gasteiger partial charge in [0.25, 0.3) is 0 Å². The second-order valence-electron chi connectivity index (χ2n) is 4.79. The van der Waals surface area contributed by atoms with Crippen molar-refractivity contribution in [3.05, 3.63) is 34.9 Å². The van der Waals surface area contributed by atoms with E-state index in [1.807, 2.05) is 0 Å². The van der Waals surface area contributed by atoms with Gasteiger partial charge in [-0.25, -0.2) is 9.59 Å². The van der Waals surface area contributed by atoms with Gasteiger partial charge in [0.05, 0.1) is 0 Å². The third-order valence-electron chi connectivity index (χ3n) is 3.16. The number of carboxylic acid groups (broad SMARTS) is 1. The third-order valence-corrected chi connectivity index (χ3v) is 3.48. The normalized spacial score (nSPS) is 13.6. The molecule has 0 spiro atoms. The fourth-order valence-corrected chi connectivity index (χ4v) is 2.69. The lowest BCUT2D eigenvalue weighted by Crippen LogP contribution is -2.55. The van der Waals surface area contributed by atoms with Crippen LogP contribution in [0.5, 0.6) is 0 Å². The molecule has 0 saturated carbocycles. The van der Waals surface area contributed by atoms with Crippen molar-refractivity contribution in [3.63, 3.8) is 0 Å². The molecule has 3 N–H and O–H groups in total. The van der Waals surface area contributed by atoms with E-state index >= 15 is 0 Å². The maximum Gasteiger partial charge on any atom is 0.410 e. The number of hydrogen-bond donors (Lipinski definition) is 2. The van der Waals surface area contributed by atoms with Crippen LogP contribution in [0.25, 0.3) is 0 Å². The number of hydrogen-bond acceptors (Lipinski definition) is 3. The summed E-state index contributed by atoms with van der Waals surface area (Å²) in [4.78, 5) is 24.0. The van der Waals surface area contributed by atoms with Crippen LogP contribution in [0.2, 0.25) is 5.02 Å². The Morgan fingerprint density at radius 1 is 1.43 bits per heavy atom. The van der Waals surface area contributed by atoms with Crippen LogP contribution in [-0.2, 0) is 10.5 Å². The molecule has 0 fully saturated rings. The van der Waals surface area contributed by atoms with Crippen molar-refractivity contribution in [2.75, 3.05) is 0 Å². The van der Waals surface area contributed by atoms with Crippen molar-refractivity contribution in [2.24, 2.45) is 5.73 Å². The van der Waals surface area contributed by atoms with Crippen LogP contribution in [0.1, 0.15) is 32.8 Å². The molecule has 0 bridgehead atoms. The second kappa shape index (κ2) is 6.67. The van der Waals surface area contributed by atoms with Gasteiger partial charge in [0.2, 0.25) is 5.72 Å². The quantitative estimate of drug-likeness (QED) is 0.815. The van der Waals surface area contributed by atoms with Crippen LogP contribution in [0.15, 0.2) is 24.3 Å². The molecule has 1 atom stereocenters. The van der Waals surface area contributed by atoms with Crippen molar-refractivity contribution in [2.45, 2.75) is 39.0 Å². The maximum absolute atomic E-state index is 11.7. The van der Waals surface area contributed by atoms with Gasteiger partial charge in [0, 0.05) is 23.0 Å². The van der Waals surface area contributed by atoms with E-state index in [1.165, 1.54) is 0 Å². The number of halogens is 1. The number of ether oxygens (including phenoxy) is 1. The fraction of sp³-hybridized carbons (Fsp3) is 0.429. The minimum absolute atomic E-state index is 0.171. The van der Waals surface area contributed by atoms with Crippen molar-refractivity contribution < 1.29 is 19.4 Å². The Morgan fingerprint density at radius 3 is 2.38 bits per heavy atom. The van der Waals surface area contributed by atoms with Crippen molar-refractivity contribution in [3.8, 4) is 0 Å². The van der Waals surface area contributed by atoms with E-state index in [4.69, 9.17) is 22.1 Å². The van der Waals surface area contributed by atoms with E-state index in [9.17, 15) is 14.7 Å². The summed E-state index contributed by atoms with van der Waals surface area (Å²) >= 11 is 6.17. The number of amides is 2. The molecule has 1 aromatic rings. The fourth-order valence-electron chi connectivity index (χ4n) is 2.40. The Morgan fingerprint density at radius 2 is 2.00 bits per heavy atom. The molecule has 0 aliphatic carbocycles. The van der Waals surface area contributed by atoms with Crippen molar-refractivity contribution >= 4 is 23.8 Å². The topological polar surface area (TPSA) is 92.9 Å².